The number of aromatic nitrogens is 1. The van der Waals surface area contributed by atoms with Crippen LogP contribution in [0.4, 0.5) is 0 Å². The Labute approximate surface area is 95.0 Å². The second kappa shape index (κ2) is 4.88. The summed E-state index contributed by atoms with van der Waals surface area (Å²) in [5.74, 6) is 1.17. The van der Waals surface area contributed by atoms with E-state index >= 15 is 0 Å². The van der Waals surface area contributed by atoms with Gasteiger partial charge in [-0.25, -0.2) is 0 Å². The first-order valence-corrected chi connectivity index (χ1v) is 6.65. The first kappa shape index (κ1) is 10.8. The maximum Gasteiger partial charge on any atom is 0.166 e. The molecule has 0 spiro atoms. The van der Waals surface area contributed by atoms with Crippen LogP contribution in [0.3, 0.4) is 0 Å². The highest BCUT2D eigenvalue weighted by atomic mass is 32.2. The number of aldehydes is 1. The molecule has 0 amide bonds. The molecule has 1 fully saturated rings. The lowest BCUT2D eigenvalue weighted by Gasteiger charge is -2.21. The van der Waals surface area contributed by atoms with Crippen molar-refractivity contribution in [3.8, 4) is 0 Å². The Morgan fingerprint density at radius 3 is 3.20 bits per heavy atom. The molecule has 0 radical (unpaired) electrons. The van der Waals surface area contributed by atoms with Crippen LogP contribution < -0.4 is 0 Å². The summed E-state index contributed by atoms with van der Waals surface area (Å²) in [6.45, 7) is 2.20. The SMILES string of the molecule is CCSC1CCCC1n1cccc1C=O. The van der Waals surface area contributed by atoms with E-state index in [-0.39, 0.29) is 0 Å². The maximum atomic E-state index is 10.9. The van der Waals surface area contributed by atoms with Crippen molar-refractivity contribution in [3.63, 3.8) is 0 Å². The van der Waals surface area contributed by atoms with E-state index in [1.54, 1.807) is 0 Å². The second-order valence-corrected chi connectivity index (χ2v) is 5.47. The second-order valence-electron chi connectivity index (χ2n) is 3.95. The van der Waals surface area contributed by atoms with E-state index in [1.165, 1.54) is 25.0 Å². The van der Waals surface area contributed by atoms with Gasteiger partial charge >= 0.3 is 0 Å². The fourth-order valence-corrected chi connectivity index (χ4v) is 3.69. The standard InChI is InChI=1S/C12H17NOS/c1-2-15-12-7-3-6-11(12)13-8-4-5-10(13)9-14/h4-5,8-9,11-12H,2-3,6-7H2,1H3. The van der Waals surface area contributed by atoms with Gasteiger partial charge in [0.15, 0.2) is 6.29 Å². The lowest BCUT2D eigenvalue weighted by molar-refractivity contribution is 0.111. The van der Waals surface area contributed by atoms with Crippen LogP contribution in [0.15, 0.2) is 18.3 Å². The molecule has 1 aromatic rings. The largest absolute Gasteiger partial charge is 0.341 e. The van der Waals surface area contributed by atoms with E-state index in [0.29, 0.717) is 11.3 Å². The summed E-state index contributed by atoms with van der Waals surface area (Å²) < 4.78 is 2.16. The van der Waals surface area contributed by atoms with Gasteiger partial charge in [-0.15, -0.1) is 0 Å². The number of hydrogen-bond acceptors (Lipinski definition) is 2. The first-order chi connectivity index (χ1) is 7.36. The van der Waals surface area contributed by atoms with Crippen molar-refractivity contribution in [2.24, 2.45) is 0 Å². The first-order valence-electron chi connectivity index (χ1n) is 5.60. The van der Waals surface area contributed by atoms with Crippen LogP contribution in [0.5, 0.6) is 0 Å². The maximum absolute atomic E-state index is 10.9. The van der Waals surface area contributed by atoms with Gasteiger partial charge in [-0.3, -0.25) is 4.79 Å². The van der Waals surface area contributed by atoms with Crippen LogP contribution in [0.1, 0.15) is 42.7 Å². The molecule has 0 saturated heterocycles. The number of nitrogens with zero attached hydrogens (tertiary/aromatic N) is 1. The molecule has 3 heteroatoms. The minimum absolute atomic E-state index is 0.533. The van der Waals surface area contributed by atoms with Gasteiger partial charge in [-0.1, -0.05) is 13.3 Å². The molecule has 2 atom stereocenters. The van der Waals surface area contributed by atoms with E-state index in [1.807, 2.05) is 30.1 Å². The Balaban J connectivity index is 2.18. The van der Waals surface area contributed by atoms with Gasteiger partial charge in [-0.05, 0) is 30.7 Å². The van der Waals surface area contributed by atoms with Crippen molar-refractivity contribution < 1.29 is 4.79 Å². The smallest absolute Gasteiger partial charge is 0.166 e. The van der Waals surface area contributed by atoms with Crippen LogP contribution in [0, 0.1) is 0 Å². The summed E-state index contributed by atoms with van der Waals surface area (Å²) in [7, 11) is 0. The van der Waals surface area contributed by atoms with Crippen molar-refractivity contribution in [2.45, 2.75) is 37.5 Å². The number of carbonyl (C=O) groups excluding carboxylic acids is 1. The molecule has 1 aliphatic carbocycles. The quantitative estimate of drug-likeness (QED) is 0.731. The third-order valence-corrected chi connectivity index (χ3v) is 4.40. The third kappa shape index (κ3) is 2.12. The van der Waals surface area contributed by atoms with Crippen LogP contribution in [0.25, 0.3) is 0 Å². The molecule has 15 heavy (non-hydrogen) atoms. The number of hydrogen-bond donors (Lipinski definition) is 0. The summed E-state index contributed by atoms with van der Waals surface area (Å²) >= 11 is 2.03. The highest BCUT2D eigenvalue weighted by Crippen LogP contribution is 2.38. The number of thioether (sulfide) groups is 1. The highest BCUT2D eigenvalue weighted by Gasteiger charge is 2.29. The molecule has 1 saturated carbocycles. The zero-order valence-corrected chi connectivity index (χ0v) is 9.87. The van der Waals surface area contributed by atoms with Gasteiger partial charge in [0.05, 0.1) is 5.69 Å². The summed E-state index contributed by atoms with van der Waals surface area (Å²) in [4.78, 5) is 10.9. The van der Waals surface area contributed by atoms with Crippen LogP contribution in [-0.4, -0.2) is 21.9 Å². The predicted octanol–water partition coefficient (Wildman–Crippen LogP) is 3.15. The number of carbonyl (C=O) groups is 1. The van der Waals surface area contributed by atoms with Gasteiger partial charge in [0.2, 0.25) is 0 Å². The fraction of sp³-hybridized carbons (Fsp3) is 0.583. The molecule has 82 valence electrons. The van der Waals surface area contributed by atoms with E-state index < -0.39 is 0 Å². The van der Waals surface area contributed by atoms with Crippen molar-refractivity contribution in [1.82, 2.24) is 4.57 Å². The Morgan fingerprint density at radius 2 is 2.47 bits per heavy atom. The van der Waals surface area contributed by atoms with Crippen molar-refractivity contribution in [1.29, 1.82) is 0 Å². The molecule has 0 aliphatic heterocycles. The molecule has 0 bridgehead atoms. The molecule has 0 aromatic carbocycles. The highest BCUT2D eigenvalue weighted by molar-refractivity contribution is 7.99. The molecule has 2 unspecified atom stereocenters. The van der Waals surface area contributed by atoms with Crippen molar-refractivity contribution in [3.05, 3.63) is 24.0 Å². The van der Waals surface area contributed by atoms with Gasteiger partial charge in [0.25, 0.3) is 0 Å². The Morgan fingerprint density at radius 1 is 1.60 bits per heavy atom. The van der Waals surface area contributed by atoms with Gasteiger partial charge in [0, 0.05) is 17.5 Å². The Hall–Kier alpha value is -0.700. The minimum Gasteiger partial charge on any atom is -0.341 e. The Bertz CT molecular complexity index is 334. The van der Waals surface area contributed by atoms with E-state index in [4.69, 9.17) is 0 Å². The molecule has 0 N–H and O–H groups in total. The lowest BCUT2D eigenvalue weighted by atomic mass is 10.2. The monoisotopic (exact) mass is 223 g/mol. The predicted molar refractivity (Wildman–Crippen MR) is 64.6 cm³/mol. The molecule has 1 aromatic heterocycles. The molecule has 2 rings (SSSR count). The van der Waals surface area contributed by atoms with Gasteiger partial charge in [-0.2, -0.15) is 11.8 Å². The Kier molecular flexibility index (Phi) is 3.52. The summed E-state index contributed by atoms with van der Waals surface area (Å²) in [6.07, 6.45) is 6.81. The summed E-state index contributed by atoms with van der Waals surface area (Å²) in [5.41, 5.74) is 0.823. The topological polar surface area (TPSA) is 22.0 Å². The molecule has 1 heterocycles. The zero-order valence-electron chi connectivity index (χ0n) is 9.06. The molecule has 1 aliphatic rings. The van der Waals surface area contributed by atoms with Crippen LogP contribution in [0.2, 0.25) is 0 Å². The zero-order chi connectivity index (χ0) is 10.7. The summed E-state index contributed by atoms with van der Waals surface area (Å²) in [5, 5.41) is 0.695. The third-order valence-electron chi connectivity index (χ3n) is 3.09. The lowest BCUT2D eigenvalue weighted by Crippen LogP contribution is -2.17. The molecule has 2 nitrogen and oxygen atoms in total. The number of rotatable bonds is 4. The van der Waals surface area contributed by atoms with E-state index in [9.17, 15) is 4.79 Å². The van der Waals surface area contributed by atoms with E-state index in [2.05, 4.69) is 11.5 Å². The molecular formula is C12H17NOS. The van der Waals surface area contributed by atoms with Crippen molar-refractivity contribution in [2.75, 3.05) is 5.75 Å². The average molecular weight is 223 g/mol. The van der Waals surface area contributed by atoms with Crippen LogP contribution in [-0.2, 0) is 0 Å². The van der Waals surface area contributed by atoms with Crippen molar-refractivity contribution >= 4 is 18.0 Å². The normalized spacial score (nSPS) is 25.7. The molecular weight excluding hydrogens is 206 g/mol. The minimum atomic E-state index is 0.533. The fourth-order valence-electron chi connectivity index (χ4n) is 2.44. The van der Waals surface area contributed by atoms with Gasteiger partial charge < -0.3 is 4.57 Å². The summed E-state index contributed by atoms with van der Waals surface area (Å²) in [6, 6.07) is 4.40. The average Bonchev–Trinajstić information content (AvgIpc) is 2.84. The van der Waals surface area contributed by atoms with Crippen LogP contribution >= 0.6 is 11.8 Å². The van der Waals surface area contributed by atoms with Gasteiger partial charge in [0.1, 0.15) is 0 Å². The van der Waals surface area contributed by atoms with E-state index in [0.717, 1.165) is 12.0 Å².